The van der Waals surface area contributed by atoms with E-state index in [-0.39, 0.29) is 12.2 Å². The van der Waals surface area contributed by atoms with E-state index in [2.05, 4.69) is 18.1 Å². The van der Waals surface area contributed by atoms with Gasteiger partial charge in [-0.3, -0.25) is 9.56 Å². The summed E-state index contributed by atoms with van der Waals surface area (Å²) in [5.74, 6) is -0.478. The van der Waals surface area contributed by atoms with Crippen molar-refractivity contribution in [1.82, 2.24) is 9.55 Å². The third-order valence-corrected chi connectivity index (χ3v) is 3.99. The van der Waals surface area contributed by atoms with E-state index in [1.54, 1.807) is 19.1 Å². The molecule has 0 fully saturated rings. The number of aryl methyl sites for hydroxylation is 1. The first kappa shape index (κ1) is 26.8. The van der Waals surface area contributed by atoms with Gasteiger partial charge in [0.2, 0.25) is 0 Å². The van der Waals surface area contributed by atoms with Gasteiger partial charge in [0.05, 0.1) is 23.6 Å². The second-order valence-corrected chi connectivity index (χ2v) is 5.61. The Kier molecular flexibility index (Phi) is 12.4. The zero-order valence-electron chi connectivity index (χ0n) is 19.4. The van der Waals surface area contributed by atoms with Gasteiger partial charge in [0, 0.05) is 5.57 Å². The van der Waals surface area contributed by atoms with Gasteiger partial charge in [-0.2, -0.15) is 0 Å². The third-order valence-electron chi connectivity index (χ3n) is 3.99. The van der Waals surface area contributed by atoms with Crippen LogP contribution in [0.4, 0.5) is 0 Å². The van der Waals surface area contributed by atoms with Crippen LogP contribution in [-0.4, -0.2) is 26.3 Å². The Morgan fingerprint density at radius 3 is 2.23 bits per heavy atom. The normalized spacial score (nSPS) is 13.6. The topological polar surface area (TPSA) is 67.5 Å². The summed E-state index contributed by atoms with van der Waals surface area (Å²) in [7, 11) is 0. The largest absolute Gasteiger partial charge is 0.476 e. The molecule has 0 aromatic carbocycles. The predicted molar refractivity (Wildman–Crippen MR) is 129 cm³/mol. The molecule has 5 heteroatoms. The molecule has 1 N–H and O–H groups in total. The number of carboxylic acid groups (broad SMARTS) is 1. The maximum atomic E-state index is 11.6. The molecule has 2 heterocycles. The van der Waals surface area contributed by atoms with Crippen LogP contribution in [0.15, 0.2) is 71.8 Å². The summed E-state index contributed by atoms with van der Waals surface area (Å²) in [5.41, 5.74) is 3.74. The van der Waals surface area contributed by atoms with E-state index in [9.17, 15) is 9.90 Å². The molecule has 162 valence electrons. The number of carboxylic acids is 1. The van der Waals surface area contributed by atoms with Gasteiger partial charge in [-0.15, -0.1) is 0 Å². The second-order valence-electron chi connectivity index (χ2n) is 5.61. The zero-order chi connectivity index (χ0) is 23.3. The van der Waals surface area contributed by atoms with Crippen molar-refractivity contribution in [3.63, 3.8) is 0 Å². The van der Waals surface area contributed by atoms with Crippen LogP contribution in [0.5, 0.6) is 0 Å². The van der Waals surface area contributed by atoms with Crippen molar-refractivity contribution in [2.75, 3.05) is 0 Å². The first-order valence-electron chi connectivity index (χ1n) is 10.3. The number of carbonyl (C=O) groups is 1. The molecule has 1 aromatic rings. The fourth-order valence-electron chi connectivity index (χ4n) is 2.92. The summed E-state index contributed by atoms with van der Waals surface area (Å²) >= 11 is 0. The SMILES string of the molecule is C=CC1=C(/C=C\C)C(/C(C=C)=C/C=C\C)=NCc2c(C(=O)O)nc(C)n21.CC.CC. The molecule has 1 aliphatic rings. The Morgan fingerprint density at radius 2 is 1.77 bits per heavy atom. The van der Waals surface area contributed by atoms with E-state index in [1.807, 2.05) is 76.5 Å². The molecule has 5 nitrogen and oxygen atoms in total. The lowest BCUT2D eigenvalue weighted by Gasteiger charge is -2.13. The summed E-state index contributed by atoms with van der Waals surface area (Å²) in [6, 6.07) is 0. The number of hydrogen-bond acceptors (Lipinski definition) is 3. The maximum Gasteiger partial charge on any atom is 0.356 e. The first-order chi connectivity index (χ1) is 14.5. The third kappa shape index (κ3) is 5.89. The molecule has 2 rings (SSSR count). The molecule has 0 saturated carbocycles. The van der Waals surface area contributed by atoms with Crippen molar-refractivity contribution >= 4 is 17.4 Å². The summed E-state index contributed by atoms with van der Waals surface area (Å²) in [5, 5.41) is 9.49. The summed E-state index contributed by atoms with van der Waals surface area (Å²) in [6.45, 7) is 21.7. The van der Waals surface area contributed by atoms with Gasteiger partial charge in [-0.25, -0.2) is 9.78 Å². The first-order valence-corrected chi connectivity index (χ1v) is 10.3. The van der Waals surface area contributed by atoms with Crippen LogP contribution in [0.2, 0.25) is 0 Å². The lowest BCUT2D eigenvalue weighted by molar-refractivity contribution is 0.0689. The lowest BCUT2D eigenvalue weighted by atomic mass is 9.99. The van der Waals surface area contributed by atoms with Gasteiger partial charge in [0.25, 0.3) is 0 Å². The molecule has 0 atom stereocenters. The van der Waals surface area contributed by atoms with E-state index in [0.717, 1.165) is 22.6 Å². The molecule has 0 radical (unpaired) electrons. The minimum atomic E-state index is -1.06. The monoisotopic (exact) mass is 409 g/mol. The average molecular weight is 410 g/mol. The van der Waals surface area contributed by atoms with Gasteiger partial charge >= 0.3 is 5.97 Å². The number of hydrogen-bond donors (Lipinski definition) is 1. The number of fused-ring (bicyclic) bond motifs is 1. The van der Waals surface area contributed by atoms with Gasteiger partial charge in [-0.1, -0.05) is 77.3 Å². The highest BCUT2D eigenvalue weighted by molar-refractivity contribution is 6.19. The van der Waals surface area contributed by atoms with Crippen LogP contribution < -0.4 is 0 Å². The molecule has 0 saturated heterocycles. The van der Waals surface area contributed by atoms with Crippen LogP contribution >= 0.6 is 0 Å². The molecule has 0 spiro atoms. The van der Waals surface area contributed by atoms with Crippen molar-refractivity contribution in [3.05, 3.63) is 84.0 Å². The number of aliphatic imine (C=N–C) groups is 1. The average Bonchev–Trinajstić information content (AvgIpc) is 3.00. The fraction of sp³-hybridized carbons (Fsp3) is 0.320. The van der Waals surface area contributed by atoms with Crippen LogP contribution in [0.1, 0.15) is 63.5 Å². The number of rotatable bonds is 6. The molecule has 0 unspecified atom stereocenters. The van der Waals surface area contributed by atoms with E-state index < -0.39 is 5.97 Å². The van der Waals surface area contributed by atoms with Crippen LogP contribution in [0, 0.1) is 6.92 Å². The van der Waals surface area contributed by atoms with E-state index in [1.165, 1.54) is 0 Å². The van der Waals surface area contributed by atoms with Gasteiger partial charge in [0.1, 0.15) is 5.82 Å². The van der Waals surface area contributed by atoms with Crippen LogP contribution in [0.3, 0.4) is 0 Å². The van der Waals surface area contributed by atoms with Gasteiger partial charge in [-0.05, 0) is 32.4 Å². The Balaban J connectivity index is 0.00000198. The van der Waals surface area contributed by atoms with Crippen molar-refractivity contribution in [3.8, 4) is 0 Å². The highest BCUT2D eigenvalue weighted by Gasteiger charge is 2.26. The number of allylic oxidation sites excluding steroid dienone is 10. The predicted octanol–water partition coefficient (Wildman–Crippen LogP) is 6.56. The highest BCUT2D eigenvalue weighted by atomic mass is 16.4. The number of aromatic carboxylic acids is 1. The zero-order valence-corrected chi connectivity index (χ0v) is 19.4. The van der Waals surface area contributed by atoms with Crippen molar-refractivity contribution in [1.29, 1.82) is 0 Å². The van der Waals surface area contributed by atoms with E-state index in [0.29, 0.717) is 11.5 Å². The summed E-state index contributed by atoms with van der Waals surface area (Å²) in [4.78, 5) is 20.5. The Labute approximate surface area is 181 Å². The molecule has 0 bridgehead atoms. The van der Waals surface area contributed by atoms with Crippen molar-refractivity contribution in [2.45, 2.75) is 55.0 Å². The van der Waals surface area contributed by atoms with E-state index in [4.69, 9.17) is 4.99 Å². The fourth-order valence-corrected chi connectivity index (χ4v) is 2.92. The summed E-state index contributed by atoms with van der Waals surface area (Å²) in [6.07, 6.45) is 13.1. The molecule has 30 heavy (non-hydrogen) atoms. The Bertz CT molecular complexity index is 907. The Hall–Kier alpha value is -3.21. The van der Waals surface area contributed by atoms with Crippen molar-refractivity contribution in [2.24, 2.45) is 4.99 Å². The molecular formula is C25H35N3O2. The van der Waals surface area contributed by atoms with Gasteiger partial charge in [0.15, 0.2) is 5.69 Å². The number of nitrogens with zero attached hydrogens (tertiary/aromatic N) is 3. The second kappa shape index (κ2) is 13.9. The van der Waals surface area contributed by atoms with E-state index >= 15 is 0 Å². The molecule has 0 amide bonds. The minimum Gasteiger partial charge on any atom is -0.476 e. The number of imidazole rings is 1. The molecule has 1 aliphatic heterocycles. The highest BCUT2D eigenvalue weighted by Crippen LogP contribution is 2.29. The van der Waals surface area contributed by atoms with Crippen molar-refractivity contribution < 1.29 is 9.90 Å². The van der Waals surface area contributed by atoms with Crippen LogP contribution in [-0.2, 0) is 6.54 Å². The Morgan fingerprint density at radius 1 is 1.13 bits per heavy atom. The number of aromatic nitrogens is 2. The van der Waals surface area contributed by atoms with Gasteiger partial charge < -0.3 is 5.11 Å². The summed E-state index contributed by atoms with van der Waals surface area (Å²) < 4.78 is 1.82. The standard InChI is InChI=1S/C21H23N3O2.2C2H6/c1-6-10-12-15(8-3)19-16(11-7-2)17(9-4)24-14(5)23-20(21(25)26)18(24)13-22-19;2*1-2/h6-12H,3-4,13H2,1-2,5H3,(H,25,26);2*1-2H3/b10-6-,11-7-,15-12+;;. The molecular weight excluding hydrogens is 374 g/mol. The van der Waals surface area contributed by atoms with Crippen LogP contribution in [0.25, 0.3) is 5.70 Å². The molecule has 0 aliphatic carbocycles. The minimum absolute atomic E-state index is 0.0178. The quantitative estimate of drug-likeness (QED) is 0.541. The molecule has 1 aromatic heterocycles. The smallest absolute Gasteiger partial charge is 0.356 e. The maximum absolute atomic E-state index is 11.6. The lowest BCUT2D eigenvalue weighted by Crippen LogP contribution is -2.08.